The maximum Gasteiger partial charge on any atom is 0.138 e. The minimum atomic E-state index is -0.288. The number of benzene rings is 1. The average Bonchev–Trinajstić information content (AvgIpc) is 2.79. The van der Waals surface area contributed by atoms with E-state index in [1.807, 2.05) is 12.1 Å². The van der Waals surface area contributed by atoms with Gasteiger partial charge in [-0.15, -0.1) is 0 Å². The summed E-state index contributed by atoms with van der Waals surface area (Å²) in [6, 6.07) is 5.75. The predicted molar refractivity (Wildman–Crippen MR) is 74.1 cm³/mol. The third kappa shape index (κ3) is 3.79. The highest BCUT2D eigenvalue weighted by atomic mass is 19.1. The van der Waals surface area contributed by atoms with Crippen LogP contribution in [0.4, 0.5) is 4.39 Å². The van der Waals surface area contributed by atoms with Crippen LogP contribution < -0.4 is 0 Å². The Bertz CT molecular complexity index is 489. The number of aliphatic hydroxyl groups excluding tert-OH is 1. The summed E-state index contributed by atoms with van der Waals surface area (Å²) in [5.74, 6) is 5.27. The number of aliphatic hydroxyl groups is 1. The lowest BCUT2D eigenvalue weighted by molar-refractivity contribution is 0.260. The molecule has 1 atom stereocenters. The Balaban J connectivity index is 2.10. The molecule has 1 aromatic rings. The number of halogens is 1. The summed E-state index contributed by atoms with van der Waals surface area (Å²) in [6.45, 7) is 4.22. The minimum absolute atomic E-state index is 0.0135. The van der Waals surface area contributed by atoms with Crippen LogP contribution in [-0.4, -0.2) is 29.2 Å². The molecular weight excluding hydrogens is 241 g/mol. The predicted octanol–water partition coefficient (Wildman–Crippen LogP) is 2.54. The molecular formula is C16H20FNO. The van der Waals surface area contributed by atoms with Crippen LogP contribution in [0, 0.1) is 17.7 Å². The van der Waals surface area contributed by atoms with Crippen LogP contribution in [0.1, 0.15) is 37.3 Å². The molecule has 0 aliphatic carbocycles. The second-order valence-electron chi connectivity index (χ2n) is 5.05. The van der Waals surface area contributed by atoms with Crippen LogP contribution in [0.25, 0.3) is 0 Å². The first-order valence-corrected chi connectivity index (χ1v) is 6.83. The molecule has 0 spiro atoms. The van der Waals surface area contributed by atoms with Crippen molar-refractivity contribution in [1.29, 1.82) is 0 Å². The van der Waals surface area contributed by atoms with Gasteiger partial charge in [-0.2, -0.15) is 0 Å². The second kappa shape index (κ2) is 6.70. The summed E-state index contributed by atoms with van der Waals surface area (Å²) in [6.07, 6.45) is 2.86. The van der Waals surface area contributed by atoms with Crippen LogP contribution in [0.15, 0.2) is 18.2 Å². The summed E-state index contributed by atoms with van der Waals surface area (Å²) in [5, 5.41) is 8.68. The molecule has 0 saturated carbocycles. The van der Waals surface area contributed by atoms with E-state index in [2.05, 4.69) is 23.7 Å². The lowest BCUT2D eigenvalue weighted by Crippen LogP contribution is -2.26. The standard InChI is InChI=1S/C16H20FNO/c1-13-5-4-9-18(13)12-14-7-8-16(17)15(11-14)6-2-3-10-19/h7-8,11,13,19H,3-5,9-10,12H2,1H3. The maximum atomic E-state index is 13.6. The highest BCUT2D eigenvalue weighted by Crippen LogP contribution is 2.20. The van der Waals surface area contributed by atoms with Crippen LogP contribution in [0.3, 0.4) is 0 Å². The molecule has 1 heterocycles. The average molecular weight is 261 g/mol. The highest BCUT2D eigenvalue weighted by molar-refractivity contribution is 5.38. The first kappa shape index (κ1) is 14.0. The third-order valence-corrected chi connectivity index (χ3v) is 3.57. The third-order valence-electron chi connectivity index (χ3n) is 3.57. The molecule has 0 aromatic heterocycles. The molecule has 1 unspecified atom stereocenters. The molecule has 3 heteroatoms. The van der Waals surface area contributed by atoms with Crippen molar-refractivity contribution >= 4 is 0 Å². The van der Waals surface area contributed by atoms with Gasteiger partial charge in [-0.25, -0.2) is 4.39 Å². The van der Waals surface area contributed by atoms with Crippen molar-refractivity contribution < 1.29 is 9.50 Å². The quantitative estimate of drug-likeness (QED) is 0.845. The van der Waals surface area contributed by atoms with Crippen molar-refractivity contribution in [3.63, 3.8) is 0 Å². The fourth-order valence-electron chi connectivity index (χ4n) is 2.44. The molecule has 1 fully saturated rings. The molecule has 0 bridgehead atoms. The minimum Gasteiger partial charge on any atom is -0.395 e. The van der Waals surface area contributed by atoms with Crippen LogP contribution in [0.2, 0.25) is 0 Å². The fraction of sp³-hybridized carbons (Fsp3) is 0.500. The van der Waals surface area contributed by atoms with E-state index in [1.165, 1.54) is 18.9 Å². The number of rotatable bonds is 3. The first-order valence-electron chi connectivity index (χ1n) is 6.83. The normalized spacial score (nSPS) is 19.2. The Labute approximate surface area is 114 Å². The zero-order valence-corrected chi connectivity index (χ0v) is 11.3. The van der Waals surface area contributed by atoms with E-state index in [4.69, 9.17) is 5.11 Å². The van der Waals surface area contributed by atoms with Gasteiger partial charge < -0.3 is 5.11 Å². The lowest BCUT2D eigenvalue weighted by Gasteiger charge is -2.21. The first-order chi connectivity index (χ1) is 9.20. The molecule has 102 valence electrons. The molecule has 1 aromatic carbocycles. The van der Waals surface area contributed by atoms with Gasteiger partial charge in [0.15, 0.2) is 0 Å². The topological polar surface area (TPSA) is 23.5 Å². The molecule has 1 N–H and O–H groups in total. The molecule has 2 nitrogen and oxygen atoms in total. The largest absolute Gasteiger partial charge is 0.395 e. The van der Waals surface area contributed by atoms with E-state index in [0.717, 1.165) is 18.7 Å². The summed E-state index contributed by atoms with van der Waals surface area (Å²) in [5.41, 5.74) is 1.53. The Morgan fingerprint density at radius 1 is 1.47 bits per heavy atom. The van der Waals surface area contributed by atoms with E-state index in [1.54, 1.807) is 0 Å². The van der Waals surface area contributed by atoms with E-state index >= 15 is 0 Å². The van der Waals surface area contributed by atoms with Gasteiger partial charge in [-0.1, -0.05) is 17.9 Å². The van der Waals surface area contributed by atoms with Crippen LogP contribution in [-0.2, 0) is 6.54 Å². The van der Waals surface area contributed by atoms with Crippen molar-refractivity contribution in [3.8, 4) is 11.8 Å². The van der Waals surface area contributed by atoms with E-state index in [9.17, 15) is 4.39 Å². The maximum absolute atomic E-state index is 13.6. The zero-order chi connectivity index (χ0) is 13.7. The smallest absolute Gasteiger partial charge is 0.138 e. The summed E-state index contributed by atoms with van der Waals surface area (Å²) in [7, 11) is 0. The summed E-state index contributed by atoms with van der Waals surface area (Å²) < 4.78 is 13.6. The van der Waals surface area contributed by atoms with Crippen molar-refractivity contribution in [3.05, 3.63) is 35.1 Å². The van der Waals surface area contributed by atoms with Gasteiger partial charge in [0.2, 0.25) is 0 Å². The van der Waals surface area contributed by atoms with Gasteiger partial charge >= 0.3 is 0 Å². The molecule has 1 saturated heterocycles. The van der Waals surface area contributed by atoms with Gasteiger partial charge in [0.25, 0.3) is 0 Å². The zero-order valence-electron chi connectivity index (χ0n) is 11.3. The van der Waals surface area contributed by atoms with Crippen molar-refractivity contribution in [2.75, 3.05) is 13.2 Å². The number of hydrogen-bond acceptors (Lipinski definition) is 2. The van der Waals surface area contributed by atoms with Crippen LogP contribution >= 0.6 is 0 Å². The highest BCUT2D eigenvalue weighted by Gasteiger charge is 2.20. The van der Waals surface area contributed by atoms with Gasteiger partial charge in [0.1, 0.15) is 5.82 Å². The molecule has 19 heavy (non-hydrogen) atoms. The lowest BCUT2D eigenvalue weighted by atomic mass is 10.1. The van der Waals surface area contributed by atoms with Gasteiger partial charge in [0, 0.05) is 19.0 Å². The van der Waals surface area contributed by atoms with E-state index in [-0.39, 0.29) is 12.4 Å². The Hall–Kier alpha value is -1.37. The molecule has 0 amide bonds. The van der Waals surface area contributed by atoms with Crippen molar-refractivity contribution in [2.24, 2.45) is 0 Å². The van der Waals surface area contributed by atoms with E-state index in [0.29, 0.717) is 18.0 Å². The van der Waals surface area contributed by atoms with E-state index < -0.39 is 0 Å². The fourth-order valence-corrected chi connectivity index (χ4v) is 2.44. The molecule has 2 rings (SSSR count). The number of hydrogen-bond donors (Lipinski definition) is 1. The molecule has 1 aliphatic rings. The second-order valence-corrected chi connectivity index (χ2v) is 5.05. The molecule has 1 aliphatic heterocycles. The SMILES string of the molecule is CC1CCCN1Cc1ccc(F)c(C#CCCO)c1. The number of nitrogens with zero attached hydrogens (tertiary/aromatic N) is 1. The van der Waals surface area contributed by atoms with Gasteiger partial charge in [-0.05, 0) is 44.0 Å². The summed E-state index contributed by atoms with van der Waals surface area (Å²) >= 11 is 0. The Kier molecular flexibility index (Phi) is 4.95. The Morgan fingerprint density at radius 3 is 3.00 bits per heavy atom. The summed E-state index contributed by atoms with van der Waals surface area (Å²) in [4.78, 5) is 2.41. The van der Waals surface area contributed by atoms with Crippen molar-refractivity contribution in [2.45, 2.75) is 38.8 Å². The van der Waals surface area contributed by atoms with Gasteiger partial charge in [0.05, 0.1) is 12.2 Å². The molecule has 0 radical (unpaired) electrons. The monoisotopic (exact) mass is 261 g/mol. The van der Waals surface area contributed by atoms with Crippen LogP contribution in [0.5, 0.6) is 0 Å². The number of likely N-dealkylation sites (tertiary alicyclic amines) is 1. The Morgan fingerprint density at radius 2 is 2.32 bits per heavy atom. The van der Waals surface area contributed by atoms with Gasteiger partial charge in [-0.3, -0.25) is 4.90 Å². The van der Waals surface area contributed by atoms with Crippen molar-refractivity contribution in [1.82, 2.24) is 4.90 Å².